The minimum Gasteiger partial charge on any atom is -0.399 e. The number of anilines is 3. The molecule has 0 aliphatic carbocycles. The van der Waals surface area contributed by atoms with Crippen molar-refractivity contribution in [3.05, 3.63) is 101 Å². The average Bonchev–Trinajstić information content (AvgIpc) is 2.79. The Balaban J connectivity index is 0.000000215. The highest BCUT2D eigenvalue weighted by atomic mass is 35.5. The van der Waals surface area contributed by atoms with Gasteiger partial charge in [-0.3, -0.25) is 0 Å². The van der Waals surface area contributed by atoms with E-state index in [1.165, 1.54) is 0 Å². The number of alkyl halides is 6. The summed E-state index contributed by atoms with van der Waals surface area (Å²) in [6.07, 6.45) is -6.62. The van der Waals surface area contributed by atoms with Gasteiger partial charge in [0.15, 0.2) is 0 Å². The van der Waals surface area contributed by atoms with Crippen molar-refractivity contribution in [2.24, 2.45) is 0 Å². The van der Waals surface area contributed by atoms with Gasteiger partial charge in [0, 0.05) is 35.9 Å². The minimum atomic E-state index is -4.45. The molecule has 14 heteroatoms. The van der Waals surface area contributed by atoms with Crippen LogP contribution in [-0.2, 0) is 18.8 Å². The van der Waals surface area contributed by atoms with Gasteiger partial charge in [-0.2, -0.15) is 26.3 Å². The molecule has 7 nitrogen and oxygen atoms in total. The van der Waals surface area contributed by atoms with Crippen molar-refractivity contribution in [3.8, 4) is 0 Å². The number of nitrogens with two attached hydrogens (primary N) is 3. The molecule has 0 amide bonds. The van der Waals surface area contributed by atoms with E-state index in [0.717, 1.165) is 30.1 Å². The Kier molecular flexibility index (Phi) is 10.0. The fraction of sp³-hybridized carbons (Fsp3) is 0.130. The predicted octanol–water partition coefficient (Wildman–Crippen LogP) is 5.67. The van der Waals surface area contributed by atoms with Crippen molar-refractivity contribution >= 4 is 28.7 Å². The summed E-state index contributed by atoms with van der Waals surface area (Å²) in [5.74, 6) is 0.121. The summed E-state index contributed by atoms with van der Waals surface area (Å²) in [5, 5.41) is -0.403. The zero-order valence-corrected chi connectivity index (χ0v) is 19.6. The number of hydrogen-bond acceptors (Lipinski definition) is 7. The van der Waals surface area contributed by atoms with Gasteiger partial charge in [-0.1, -0.05) is 18.2 Å². The number of nitrogens with zero attached hydrogens (tertiary/aromatic N) is 4. The zero-order chi connectivity index (χ0) is 27.6. The first kappa shape index (κ1) is 29.1. The Bertz CT molecular complexity index is 1280. The van der Waals surface area contributed by atoms with E-state index in [0.29, 0.717) is 17.1 Å². The first-order valence-corrected chi connectivity index (χ1v) is 10.5. The summed E-state index contributed by atoms with van der Waals surface area (Å²) in [7, 11) is 0. The lowest BCUT2D eigenvalue weighted by Crippen LogP contribution is -2.10. The molecule has 0 spiro atoms. The molecule has 0 aliphatic heterocycles. The van der Waals surface area contributed by atoms with E-state index in [-0.39, 0.29) is 12.2 Å². The van der Waals surface area contributed by atoms with Gasteiger partial charge in [0.25, 0.3) is 0 Å². The molecule has 0 saturated carbocycles. The second kappa shape index (κ2) is 12.7. The van der Waals surface area contributed by atoms with Crippen LogP contribution in [0.25, 0.3) is 0 Å². The van der Waals surface area contributed by atoms with Crippen LogP contribution in [0.3, 0.4) is 0 Å². The van der Waals surface area contributed by atoms with Gasteiger partial charge in [-0.05, 0) is 59.6 Å². The van der Waals surface area contributed by atoms with Crippen LogP contribution in [0.1, 0.15) is 22.8 Å². The SMILES string of the molecule is FC(F)(F)c1ccnc(Cl)n1.Nc1cccc(Cc2nccc(C(F)(F)F)n2)c1.Nc1cccc(N)c1. The molecule has 0 radical (unpaired) electrons. The zero-order valence-electron chi connectivity index (χ0n) is 18.8. The first-order chi connectivity index (χ1) is 17.2. The van der Waals surface area contributed by atoms with Crippen LogP contribution in [0.2, 0.25) is 5.28 Å². The second-order valence-corrected chi connectivity index (χ2v) is 7.49. The highest BCUT2D eigenvalue weighted by molar-refractivity contribution is 6.28. The highest BCUT2D eigenvalue weighted by Crippen LogP contribution is 2.28. The van der Waals surface area contributed by atoms with E-state index < -0.39 is 29.0 Å². The molecule has 4 rings (SSSR count). The van der Waals surface area contributed by atoms with Gasteiger partial charge in [0.05, 0.1) is 0 Å². The van der Waals surface area contributed by atoms with E-state index in [1.54, 1.807) is 42.5 Å². The minimum absolute atomic E-state index is 0.121. The summed E-state index contributed by atoms with van der Waals surface area (Å²) in [6, 6.07) is 15.6. The third-order valence-electron chi connectivity index (χ3n) is 4.14. The van der Waals surface area contributed by atoms with Crippen molar-refractivity contribution in [1.29, 1.82) is 0 Å². The van der Waals surface area contributed by atoms with Crippen molar-refractivity contribution < 1.29 is 26.3 Å². The fourth-order valence-corrected chi connectivity index (χ4v) is 2.73. The number of benzene rings is 2. The molecule has 0 unspecified atom stereocenters. The van der Waals surface area contributed by atoms with Crippen LogP contribution in [0.15, 0.2) is 73.1 Å². The molecule has 0 fully saturated rings. The Morgan fingerprint density at radius 1 is 0.649 bits per heavy atom. The Hall–Kier alpha value is -4.13. The third kappa shape index (κ3) is 10.6. The molecule has 6 N–H and O–H groups in total. The van der Waals surface area contributed by atoms with Crippen LogP contribution in [0.5, 0.6) is 0 Å². The maximum atomic E-state index is 12.5. The van der Waals surface area contributed by atoms with Crippen LogP contribution in [0, 0.1) is 0 Å². The molecule has 2 heterocycles. The largest absolute Gasteiger partial charge is 0.433 e. The van der Waals surface area contributed by atoms with Crippen LogP contribution in [-0.4, -0.2) is 19.9 Å². The quantitative estimate of drug-likeness (QED) is 0.169. The van der Waals surface area contributed by atoms with Gasteiger partial charge >= 0.3 is 12.4 Å². The van der Waals surface area contributed by atoms with E-state index in [9.17, 15) is 26.3 Å². The van der Waals surface area contributed by atoms with E-state index in [1.807, 2.05) is 6.07 Å². The van der Waals surface area contributed by atoms with Gasteiger partial charge in [-0.15, -0.1) is 0 Å². The highest BCUT2D eigenvalue weighted by Gasteiger charge is 2.33. The number of hydrogen-bond donors (Lipinski definition) is 3. The number of nitrogen functional groups attached to an aromatic ring is 3. The van der Waals surface area contributed by atoms with E-state index in [4.69, 9.17) is 28.8 Å². The monoisotopic (exact) mass is 543 g/mol. The molecular weight excluding hydrogens is 524 g/mol. The molecule has 2 aromatic carbocycles. The van der Waals surface area contributed by atoms with Gasteiger partial charge in [0.1, 0.15) is 17.2 Å². The Labute approximate surface area is 212 Å². The molecular formula is C23H20ClF6N7. The Morgan fingerprint density at radius 3 is 1.57 bits per heavy atom. The van der Waals surface area contributed by atoms with Gasteiger partial charge < -0.3 is 17.2 Å². The molecule has 4 aromatic rings. The molecule has 0 bridgehead atoms. The molecule has 37 heavy (non-hydrogen) atoms. The summed E-state index contributed by atoms with van der Waals surface area (Å²) in [5.41, 5.74) is 17.1. The second-order valence-electron chi connectivity index (χ2n) is 7.16. The summed E-state index contributed by atoms with van der Waals surface area (Å²) >= 11 is 5.13. The lowest BCUT2D eigenvalue weighted by Gasteiger charge is -2.07. The average molecular weight is 544 g/mol. The third-order valence-corrected chi connectivity index (χ3v) is 4.32. The fourth-order valence-electron chi connectivity index (χ4n) is 2.58. The van der Waals surface area contributed by atoms with Gasteiger partial charge in [-0.25, -0.2) is 19.9 Å². The molecule has 0 aliphatic rings. The molecule has 0 atom stereocenters. The lowest BCUT2D eigenvalue weighted by atomic mass is 10.1. The van der Waals surface area contributed by atoms with Crippen molar-refractivity contribution in [2.75, 3.05) is 17.2 Å². The van der Waals surface area contributed by atoms with E-state index in [2.05, 4.69) is 19.9 Å². The van der Waals surface area contributed by atoms with Crippen molar-refractivity contribution in [3.63, 3.8) is 0 Å². The summed E-state index contributed by atoms with van der Waals surface area (Å²) in [4.78, 5) is 13.6. The topological polar surface area (TPSA) is 130 Å². The normalized spacial score (nSPS) is 11.0. The maximum Gasteiger partial charge on any atom is 0.433 e. The summed E-state index contributed by atoms with van der Waals surface area (Å²) < 4.78 is 72.8. The Morgan fingerprint density at radius 2 is 1.14 bits per heavy atom. The van der Waals surface area contributed by atoms with Crippen LogP contribution < -0.4 is 17.2 Å². The van der Waals surface area contributed by atoms with E-state index >= 15 is 0 Å². The predicted molar refractivity (Wildman–Crippen MR) is 128 cm³/mol. The van der Waals surface area contributed by atoms with Crippen LogP contribution in [0.4, 0.5) is 43.4 Å². The summed E-state index contributed by atoms with van der Waals surface area (Å²) in [6.45, 7) is 0. The molecule has 196 valence electrons. The number of rotatable bonds is 2. The number of aromatic nitrogens is 4. The van der Waals surface area contributed by atoms with Gasteiger partial charge in [0.2, 0.25) is 5.28 Å². The molecule has 0 saturated heterocycles. The van der Waals surface area contributed by atoms with Crippen LogP contribution >= 0.6 is 11.6 Å². The molecule has 2 aromatic heterocycles. The standard InChI is InChI=1S/C12H10F3N3.C6H8N2.C5H2ClF3N2/c13-12(14,15)10-4-5-17-11(18-10)7-8-2-1-3-9(16)6-8;7-5-2-1-3-6(8)4-5;6-4-10-2-1-3(11-4)5(7,8)9/h1-6H,7,16H2;1-4H,7-8H2;1-2H. The van der Waals surface area contributed by atoms with Crippen molar-refractivity contribution in [1.82, 2.24) is 19.9 Å². The number of halogens is 7. The smallest absolute Gasteiger partial charge is 0.399 e. The van der Waals surface area contributed by atoms with Crippen molar-refractivity contribution in [2.45, 2.75) is 18.8 Å². The maximum absolute atomic E-state index is 12.5. The first-order valence-electron chi connectivity index (χ1n) is 10.1. The lowest BCUT2D eigenvalue weighted by molar-refractivity contribution is -0.142.